The van der Waals surface area contributed by atoms with E-state index in [-0.39, 0.29) is 17.3 Å². The minimum atomic E-state index is -0.326. The summed E-state index contributed by atoms with van der Waals surface area (Å²) in [4.78, 5) is 12.7. The first kappa shape index (κ1) is 18.4. The van der Waals surface area contributed by atoms with E-state index in [1.165, 1.54) is 57.8 Å². The molecule has 4 fully saturated rings. The van der Waals surface area contributed by atoms with Crippen LogP contribution in [0.15, 0.2) is 0 Å². The maximum atomic E-state index is 12.7. The van der Waals surface area contributed by atoms with Crippen LogP contribution in [0.3, 0.4) is 0 Å². The molecule has 0 aromatic rings. The number of rotatable bonds is 3. The molecule has 4 aliphatic rings. The number of hydrogen-bond donors (Lipinski definition) is 0. The van der Waals surface area contributed by atoms with Crippen molar-refractivity contribution in [1.82, 2.24) is 0 Å². The molecule has 4 saturated carbocycles. The zero-order valence-corrected chi connectivity index (χ0v) is 16.8. The molecule has 0 amide bonds. The van der Waals surface area contributed by atoms with E-state index in [2.05, 4.69) is 12.8 Å². The van der Waals surface area contributed by atoms with Crippen LogP contribution in [0.5, 0.6) is 0 Å². The molecule has 0 radical (unpaired) electrons. The average Bonchev–Trinajstić information content (AvgIpc) is 3.07. The molecule has 0 spiro atoms. The summed E-state index contributed by atoms with van der Waals surface area (Å²) in [5.41, 5.74) is 0.575. The van der Waals surface area contributed by atoms with Gasteiger partial charge in [0.1, 0.15) is 5.92 Å². The average molecular weight is 357 g/mol. The molecule has 0 aromatic carbocycles. The highest BCUT2D eigenvalue weighted by Gasteiger charge is 2.61. The van der Waals surface area contributed by atoms with Gasteiger partial charge in [0.2, 0.25) is 0 Å². The quantitative estimate of drug-likeness (QED) is 0.486. The summed E-state index contributed by atoms with van der Waals surface area (Å²) in [5, 5.41) is 0. The van der Waals surface area contributed by atoms with Crippen molar-refractivity contribution in [3.63, 3.8) is 0 Å². The van der Waals surface area contributed by atoms with E-state index in [0.717, 1.165) is 30.6 Å². The molecule has 4 aliphatic carbocycles. The summed E-state index contributed by atoms with van der Waals surface area (Å²) in [6.45, 7) is 4.93. The maximum absolute atomic E-state index is 12.7. The number of carbonyl (C=O) groups excluding carboxylic acids is 1. The van der Waals surface area contributed by atoms with Crippen LogP contribution >= 0.6 is 0 Å². The second-order valence-corrected chi connectivity index (χ2v) is 9.92. The second-order valence-electron chi connectivity index (χ2n) is 9.92. The Hall–Kier alpha value is -0.970. The normalized spacial score (nSPS) is 45.6. The highest BCUT2D eigenvalue weighted by Crippen LogP contribution is 2.68. The van der Waals surface area contributed by atoms with Gasteiger partial charge in [-0.2, -0.15) is 0 Å². The molecule has 0 saturated heterocycles. The monoisotopic (exact) mass is 356 g/mol. The number of carbonyl (C=O) groups is 1. The second kappa shape index (κ2) is 6.88. The Morgan fingerprint density at radius 1 is 1.08 bits per heavy atom. The number of fused-ring (bicyclic) bond motifs is 5. The van der Waals surface area contributed by atoms with Crippen molar-refractivity contribution in [2.75, 3.05) is 6.61 Å². The van der Waals surface area contributed by atoms with Crippen LogP contribution < -0.4 is 0 Å². The first-order chi connectivity index (χ1) is 12.6. The van der Waals surface area contributed by atoms with Crippen LogP contribution in [0.1, 0.15) is 84.5 Å². The van der Waals surface area contributed by atoms with Gasteiger partial charge in [-0.25, -0.2) is 0 Å². The molecule has 144 valence electrons. The van der Waals surface area contributed by atoms with Gasteiger partial charge in [-0.15, -0.1) is 6.42 Å². The SMILES string of the molecule is C#CC(C(=O)OCC)[C@@]12CCC[C@H]1[C@@H]1CCC3CCCC[C@]3(C)[C@H]1CC2. The first-order valence-corrected chi connectivity index (χ1v) is 11.2. The minimum Gasteiger partial charge on any atom is -0.465 e. The van der Waals surface area contributed by atoms with Crippen molar-refractivity contribution in [2.24, 2.45) is 40.4 Å². The lowest BCUT2D eigenvalue weighted by Gasteiger charge is -2.61. The zero-order valence-electron chi connectivity index (χ0n) is 16.8. The van der Waals surface area contributed by atoms with E-state index in [1.54, 1.807) is 0 Å². The van der Waals surface area contributed by atoms with Gasteiger partial charge in [-0.05, 0) is 92.8 Å². The van der Waals surface area contributed by atoms with Crippen molar-refractivity contribution in [1.29, 1.82) is 0 Å². The number of terminal acetylenes is 1. The fraction of sp³-hybridized carbons (Fsp3) is 0.875. The molecule has 4 rings (SSSR count). The molecule has 26 heavy (non-hydrogen) atoms. The Balaban J connectivity index is 1.64. The van der Waals surface area contributed by atoms with Crippen LogP contribution in [0.2, 0.25) is 0 Å². The molecule has 0 heterocycles. The van der Waals surface area contributed by atoms with Gasteiger partial charge in [0.15, 0.2) is 0 Å². The maximum Gasteiger partial charge on any atom is 0.321 e. The van der Waals surface area contributed by atoms with Gasteiger partial charge in [-0.1, -0.05) is 32.1 Å². The molecule has 2 heteroatoms. The third kappa shape index (κ3) is 2.56. The Morgan fingerprint density at radius 2 is 1.92 bits per heavy atom. The van der Waals surface area contributed by atoms with Gasteiger partial charge in [0.25, 0.3) is 0 Å². The Bertz CT molecular complexity index is 590. The van der Waals surface area contributed by atoms with E-state index in [4.69, 9.17) is 11.2 Å². The highest BCUT2D eigenvalue weighted by atomic mass is 16.5. The molecule has 0 aromatic heterocycles. The summed E-state index contributed by atoms with van der Waals surface area (Å²) >= 11 is 0. The molecular weight excluding hydrogens is 320 g/mol. The first-order valence-electron chi connectivity index (χ1n) is 11.2. The highest BCUT2D eigenvalue weighted by molar-refractivity contribution is 5.77. The lowest BCUT2D eigenvalue weighted by Crippen LogP contribution is -2.54. The third-order valence-electron chi connectivity index (χ3n) is 9.26. The molecule has 0 aliphatic heterocycles. The van der Waals surface area contributed by atoms with Crippen LogP contribution in [0, 0.1) is 52.8 Å². The lowest BCUT2D eigenvalue weighted by atomic mass is 9.44. The van der Waals surface area contributed by atoms with E-state index < -0.39 is 0 Å². The van der Waals surface area contributed by atoms with E-state index in [9.17, 15) is 4.79 Å². The van der Waals surface area contributed by atoms with Crippen molar-refractivity contribution >= 4 is 5.97 Å². The zero-order chi connectivity index (χ0) is 18.4. The molecule has 7 atom stereocenters. The molecule has 0 N–H and O–H groups in total. The van der Waals surface area contributed by atoms with Gasteiger partial charge in [0, 0.05) is 0 Å². The van der Waals surface area contributed by atoms with Crippen LogP contribution in [0.25, 0.3) is 0 Å². The Kier molecular flexibility index (Phi) is 4.87. The number of ether oxygens (including phenoxy) is 1. The summed E-state index contributed by atoms with van der Waals surface area (Å²) < 4.78 is 5.41. The van der Waals surface area contributed by atoms with Gasteiger partial charge in [0.05, 0.1) is 6.61 Å². The van der Waals surface area contributed by atoms with E-state index in [0.29, 0.717) is 17.9 Å². The smallest absolute Gasteiger partial charge is 0.321 e. The van der Waals surface area contributed by atoms with E-state index >= 15 is 0 Å². The van der Waals surface area contributed by atoms with Crippen molar-refractivity contribution in [2.45, 2.75) is 84.5 Å². The Morgan fingerprint density at radius 3 is 2.69 bits per heavy atom. The summed E-state index contributed by atoms with van der Waals surface area (Å²) in [6.07, 6.45) is 20.5. The third-order valence-corrected chi connectivity index (χ3v) is 9.26. The predicted octanol–water partition coefficient (Wildman–Crippen LogP) is 5.60. The van der Waals surface area contributed by atoms with Crippen LogP contribution in [0.4, 0.5) is 0 Å². The topological polar surface area (TPSA) is 26.3 Å². The van der Waals surface area contributed by atoms with Gasteiger partial charge in [-0.3, -0.25) is 4.79 Å². The van der Waals surface area contributed by atoms with E-state index in [1.807, 2.05) is 6.92 Å². The minimum absolute atomic E-state index is 0.0278. The lowest BCUT2D eigenvalue weighted by molar-refractivity contribution is -0.159. The van der Waals surface area contributed by atoms with Gasteiger partial charge >= 0.3 is 5.97 Å². The molecular formula is C24H36O2. The van der Waals surface area contributed by atoms with Gasteiger partial charge < -0.3 is 4.74 Å². The summed E-state index contributed by atoms with van der Waals surface area (Å²) in [6, 6.07) is 0. The largest absolute Gasteiger partial charge is 0.465 e. The van der Waals surface area contributed by atoms with Crippen molar-refractivity contribution < 1.29 is 9.53 Å². The molecule has 2 unspecified atom stereocenters. The number of esters is 1. The number of hydrogen-bond acceptors (Lipinski definition) is 2. The predicted molar refractivity (Wildman–Crippen MR) is 104 cm³/mol. The molecule has 2 nitrogen and oxygen atoms in total. The van der Waals surface area contributed by atoms with Crippen LogP contribution in [-0.2, 0) is 9.53 Å². The summed E-state index contributed by atoms with van der Waals surface area (Å²) in [7, 11) is 0. The van der Waals surface area contributed by atoms with Crippen molar-refractivity contribution in [3.8, 4) is 12.3 Å². The molecule has 0 bridgehead atoms. The fourth-order valence-corrected chi connectivity index (χ4v) is 8.20. The van der Waals surface area contributed by atoms with Crippen molar-refractivity contribution in [3.05, 3.63) is 0 Å². The standard InChI is InChI=1S/C24H36O2/c1-4-19(22(25)26-5-2)24-15-8-10-21(24)18-12-11-17-9-6-7-14-23(17,3)20(18)13-16-24/h1,17-21H,5-16H2,2-3H3/t17?,18-,19?,20+,21+,23+,24+/m1/s1. The fourth-order valence-electron chi connectivity index (χ4n) is 8.20. The summed E-state index contributed by atoms with van der Waals surface area (Å²) in [5.74, 6) is 5.69. The Labute approximate surface area is 159 Å². The van der Waals surface area contributed by atoms with Crippen LogP contribution in [-0.4, -0.2) is 12.6 Å².